The summed E-state index contributed by atoms with van der Waals surface area (Å²) in [6.45, 7) is 3.77. The largest absolute Gasteiger partial charge is 0.494 e. The van der Waals surface area contributed by atoms with Crippen LogP contribution in [-0.4, -0.2) is 42.1 Å². The van der Waals surface area contributed by atoms with Crippen LogP contribution >= 0.6 is 0 Å². The fourth-order valence-electron chi connectivity index (χ4n) is 1.72. The van der Waals surface area contributed by atoms with Crippen LogP contribution in [0.3, 0.4) is 0 Å². The molecule has 1 unspecified atom stereocenters. The molecule has 7 heteroatoms. The Morgan fingerprint density at radius 3 is 2.32 bits per heavy atom. The first-order valence-corrected chi connectivity index (χ1v) is 7.01. The maximum absolute atomic E-state index is 11.9. The highest BCUT2D eigenvalue weighted by Crippen LogP contribution is 2.11. The van der Waals surface area contributed by atoms with Gasteiger partial charge in [-0.15, -0.1) is 0 Å². The zero-order valence-electron chi connectivity index (χ0n) is 12.6. The third-order valence-corrected chi connectivity index (χ3v) is 2.88. The Morgan fingerprint density at radius 1 is 1.18 bits per heavy atom. The molecule has 22 heavy (non-hydrogen) atoms. The Balaban J connectivity index is 2.48. The quantitative estimate of drug-likeness (QED) is 0.658. The fraction of sp³-hybridized carbons (Fsp3) is 0.400. The van der Waals surface area contributed by atoms with E-state index in [2.05, 4.69) is 10.6 Å². The Morgan fingerprint density at radius 2 is 1.82 bits per heavy atom. The standard InChI is InChI=1S/C15H20N2O5/c1-3-12(15(20)21)17-13(18)9-16-14(19)10-5-7-11(8-6-10)22-4-2/h5-8,12H,3-4,9H2,1-2H3,(H,16,19)(H,17,18)(H,20,21). The van der Waals surface area contributed by atoms with Crippen molar-refractivity contribution in [1.29, 1.82) is 0 Å². The molecule has 1 atom stereocenters. The van der Waals surface area contributed by atoms with Gasteiger partial charge in [0.2, 0.25) is 5.91 Å². The number of amides is 2. The minimum absolute atomic E-state index is 0.272. The first kappa shape index (κ1) is 17.5. The van der Waals surface area contributed by atoms with Gasteiger partial charge in [-0.1, -0.05) is 6.92 Å². The summed E-state index contributed by atoms with van der Waals surface area (Å²) in [6.07, 6.45) is 0.272. The maximum atomic E-state index is 11.9. The summed E-state index contributed by atoms with van der Waals surface area (Å²) in [5, 5.41) is 13.6. The number of benzene rings is 1. The molecule has 0 radical (unpaired) electrons. The number of carbonyl (C=O) groups is 3. The minimum atomic E-state index is -1.10. The lowest BCUT2D eigenvalue weighted by atomic mass is 10.2. The smallest absolute Gasteiger partial charge is 0.326 e. The van der Waals surface area contributed by atoms with Crippen LogP contribution in [0, 0.1) is 0 Å². The van der Waals surface area contributed by atoms with E-state index in [0.29, 0.717) is 17.9 Å². The first-order valence-electron chi connectivity index (χ1n) is 7.01. The lowest BCUT2D eigenvalue weighted by Gasteiger charge is -2.12. The van der Waals surface area contributed by atoms with Gasteiger partial charge >= 0.3 is 5.97 Å². The second-order valence-electron chi connectivity index (χ2n) is 4.51. The number of carboxylic acids is 1. The second kappa shape index (κ2) is 8.66. The molecule has 2 amide bonds. The number of nitrogens with one attached hydrogen (secondary N) is 2. The van der Waals surface area contributed by atoms with Gasteiger partial charge < -0.3 is 20.5 Å². The summed E-state index contributed by atoms with van der Waals surface area (Å²) in [6, 6.07) is 5.55. The Hall–Kier alpha value is -2.57. The number of carbonyl (C=O) groups excluding carboxylic acids is 2. The number of carboxylic acid groups (broad SMARTS) is 1. The molecule has 0 fully saturated rings. The molecule has 1 rings (SSSR count). The average molecular weight is 308 g/mol. The van der Waals surface area contributed by atoms with Crippen LogP contribution in [0.15, 0.2) is 24.3 Å². The minimum Gasteiger partial charge on any atom is -0.494 e. The van der Waals surface area contributed by atoms with Gasteiger partial charge in [-0.05, 0) is 37.6 Å². The molecule has 0 aromatic heterocycles. The Kier molecular flexibility index (Phi) is 6.88. The molecule has 3 N–H and O–H groups in total. The van der Waals surface area contributed by atoms with E-state index in [-0.39, 0.29) is 13.0 Å². The third-order valence-electron chi connectivity index (χ3n) is 2.88. The number of hydrogen-bond acceptors (Lipinski definition) is 4. The molecule has 1 aromatic carbocycles. The molecule has 7 nitrogen and oxygen atoms in total. The first-order chi connectivity index (χ1) is 10.5. The Bertz CT molecular complexity index is 527. The second-order valence-corrected chi connectivity index (χ2v) is 4.51. The number of rotatable bonds is 8. The van der Waals surface area contributed by atoms with Crippen molar-refractivity contribution in [3.05, 3.63) is 29.8 Å². The van der Waals surface area contributed by atoms with E-state index in [9.17, 15) is 14.4 Å². The van der Waals surface area contributed by atoms with Crippen molar-refractivity contribution < 1.29 is 24.2 Å². The van der Waals surface area contributed by atoms with Crippen molar-refractivity contribution in [2.45, 2.75) is 26.3 Å². The predicted octanol–water partition coefficient (Wildman–Crippen LogP) is 0.794. The molecular formula is C15H20N2O5. The van der Waals surface area contributed by atoms with Gasteiger partial charge in [0, 0.05) is 5.56 Å². The van der Waals surface area contributed by atoms with E-state index in [1.807, 2.05) is 6.92 Å². The van der Waals surface area contributed by atoms with E-state index in [1.165, 1.54) is 0 Å². The topological polar surface area (TPSA) is 105 Å². The van der Waals surface area contributed by atoms with E-state index >= 15 is 0 Å². The SMILES string of the molecule is CCOc1ccc(C(=O)NCC(=O)NC(CC)C(=O)O)cc1. The van der Waals surface area contributed by atoms with Crippen LogP contribution in [0.4, 0.5) is 0 Å². The monoisotopic (exact) mass is 308 g/mol. The van der Waals surface area contributed by atoms with E-state index in [4.69, 9.17) is 9.84 Å². The van der Waals surface area contributed by atoms with Gasteiger partial charge in [-0.25, -0.2) is 4.79 Å². The van der Waals surface area contributed by atoms with Gasteiger partial charge in [-0.3, -0.25) is 9.59 Å². The number of aliphatic carboxylic acids is 1. The Labute approximate surface area is 128 Å². The third kappa shape index (κ3) is 5.43. The van der Waals surface area contributed by atoms with Gasteiger partial charge in [0.15, 0.2) is 0 Å². The van der Waals surface area contributed by atoms with Crippen molar-refractivity contribution >= 4 is 17.8 Å². The zero-order chi connectivity index (χ0) is 16.5. The fourth-order valence-corrected chi connectivity index (χ4v) is 1.72. The summed E-state index contributed by atoms with van der Waals surface area (Å²) in [7, 11) is 0. The summed E-state index contributed by atoms with van der Waals surface area (Å²) in [5.41, 5.74) is 0.390. The normalized spacial score (nSPS) is 11.4. The lowest BCUT2D eigenvalue weighted by molar-refractivity contribution is -0.141. The molecule has 0 spiro atoms. The summed E-state index contributed by atoms with van der Waals surface area (Å²) < 4.78 is 5.27. The lowest BCUT2D eigenvalue weighted by Crippen LogP contribution is -2.45. The summed E-state index contributed by atoms with van der Waals surface area (Å²) in [4.78, 5) is 34.2. The van der Waals surface area contributed by atoms with Gasteiger partial charge in [0.05, 0.1) is 13.2 Å². The average Bonchev–Trinajstić information content (AvgIpc) is 2.51. The van der Waals surface area contributed by atoms with Crippen molar-refractivity contribution in [2.24, 2.45) is 0 Å². The van der Waals surface area contributed by atoms with Crippen LogP contribution in [0.5, 0.6) is 5.75 Å². The van der Waals surface area contributed by atoms with Crippen molar-refractivity contribution in [1.82, 2.24) is 10.6 Å². The molecule has 120 valence electrons. The zero-order valence-corrected chi connectivity index (χ0v) is 12.6. The molecule has 0 aliphatic rings. The van der Waals surface area contributed by atoms with Gasteiger partial charge in [-0.2, -0.15) is 0 Å². The summed E-state index contributed by atoms with van der Waals surface area (Å²) in [5.74, 6) is -1.41. The highest BCUT2D eigenvalue weighted by atomic mass is 16.5. The molecule has 0 saturated carbocycles. The molecule has 0 bridgehead atoms. The molecular weight excluding hydrogens is 288 g/mol. The highest BCUT2D eigenvalue weighted by molar-refractivity contribution is 5.96. The van der Waals surface area contributed by atoms with Gasteiger partial charge in [0.1, 0.15) is 11.8 Å². The molecule has 0 aliphatic carbocycles. The highest BCUT2D eigenvalue weighted by Gasteiger charge is 2.17. The van der Waals surface area contributed by atoms with Crippen LogP contribution < -0.4 is 15.4 Å². The number of ether oxygens (including phenoxy) is 1. The number of hydrogen-bond donors (Lipinski definition) is 3. The van der Waals surface area contributed by atoms with Crippen molar-refractivity contribution in [3.63, 3.8) is 0 Å². The van der Waals surface area contributed by atoms with Crippen molar-refractivity contribution in [2.75, 3.05) is 13.2 Å². The van der Waals surface area contributed by atoms with Crippen LogP contribution in [-0.2, 0) is 9.59 Å². The molecule has 0 aliphatic heterocycles. The molecule has 1 aromatic rings. The van der Waals surface area contributed by atoms with Crippen LogP contribution in [0.2, 0.25) is 0 Å². The summed E-state index contributed by atoms with van der Waals surface area (Å²) >= 11 is 0. The maximum Gasteiger partial charge on any atom is 0.326 e. The van der Waals surface area contributed by atoms with E-state index in [1.54, 1.807) is 31.2 Å². The molecule has 0 saturated heterocycles. The van der Waals surface area contributed by atoms with Crippen LogP contribution in [0.1, 0.15) is 30.6 Å². The molecule has 0 heterocycles. The van der Waals surface area contributed by atoms with E-state index in [0.717, 1.165) is 0 Å². The van der Waals surface area contributed by atoms with Crippen molar-refractivity contribution in [3.8, 4) is 5.75 Å². The predicted molar refractivity (Wildman–Crippen MR) is 79.8 cm³/mol. The van der Waals surface area contributed by atoms with Gasteiger partial charge in [0.25, 0.3) is 5.91 Å². The van der Waals surface area contributed by atoms with Crippen LogP contribution in [0.25, 0.3) is 0 Å². The van der Waals surface area contributed by atoms with E-state index < -0.39 is 23.8 Å².